The molecule has 0 fully saturated rings. The minimum absolute atomic E-state index is 0.00325. The quantitative estimate of drug-likeness (QED) is 0.0356. The molecule has 0 aromatic heterocycles. The monoisotopic (exact) mass is 1710 g/mol. The maximum atomic E-state index is 12.1. The Balaban J connectivity index is 0.704. The van der Waals surface area contributed by atoms with Crippen LogP contribution >= 0.6 is 0 Å². The average molecular weight is 1710 g/mol. The van der Waals surface area contributed by atoms with Crippen molar-refractivity contribution in [3.63, 3.8) is 0 Å². The van der Waals surface area contributed by atoms with E-state index in [1.165, 1.54) is 12.1 Å². The largest absolute Gasteiger partial charge is 0.507 e. The molecule has 16 aromatic rings. The summed E-state index contributed by atoms with van der Waals surface area (Å²) in [5, 5.41) is 10.5. The molecule has 16 rings (SSSR count). The van der Waals surface area contributed by atoms with Crippen molar-refractivity contribution in [2.45, 2.75) is 99.1 Å². The van der Waals surface area contributed by atoms with E-state index >= 15 is 0 Å². The van der Waals surface area contributed by atoms with Crippen molar-refractivity contribution in [1.82, 2.24) is 0 Å². The van der Waals surface area contributed by atoms with Gasteiger partial charge >= 0.3 is 0 Å². The molecule has 17 nitrogen and oxygen atoms in total. The number of carbonyl (C=O) groups is 1. The first-order chi connectivity index (χ1) is 63.6. The van der Waals surface area contributed by atoms with Crippen molar-refractivity contribution in [3.8, 4) is 92.0 Å². The Hall–Kier alpha value is -16.0. The fraction of sp³-hybridized carbons (Fsp3) is 0.134. The van der Waals surface area contributed by atoms with Gasteiger partial charge in [0.15, 0.2) is 6.29 Å². The first kappa shape index (κ1) is 86.5. The Kier molecular flexibility index (Phi) is 30.2. The first-order valence-electron chi connectivity index (χ1n) is 42.6. The molecule has 0 spiro atoms. The molecule has 0 unspecified atom stereocenters. The van der Waals surface area contributed by atoms with Gasteiger partial charge in [0.25, 0.3) is 0 Å². The third-order valence-corrected chi connectivity index (χ3v) is 20.5. The van der Waals surface area contributed by atoms with Crippen LogP contribution in [0.15, 0.2) is 388 Å². The molecule has 0 radical (unpaired) electrons. The van der Waals surface area contributed by atoms with Crippen molar-refractivity contribution in [2.24, 2.45) is 0 Å². The molecule has 0 saturated heterocycles. The molecule has 0 bridgehead atoms. The third kappa shape index (κ3) is 27.5. The van der Waals surface area contributed by atoms with Crippen molar-refractivity contribution in [1.29, 1.82) is 0 Å². The van der Waals surface area contributed by atoms with E-state index in [0.717, 1.165) is 66.8 Å². The second-order valence-corrected chi connectivity index (χ2v) is 30.7. The molecule has 646 valence electrons. The van der Waals surface area contributed by atoms with Gasteiger partial charge < -0.3 is 76.2 Å². The highest BCUT2D eigenvalue weighted by Gasteiger charge is 2.18. The minimum atomic E-state index is -0.170. The van der Waals surface area contributed by atoms with Gasteiger partial charge in [-0.3, -0.25) is 4.79 Å². The molecule has 129 heavy (non-hydrogen) atoms. The summed E-state index contributed by atoms with van der Waals surface area (Å²) in [6, 6.07) is 125. The molecule has 0 atom stereocenters. The SMILES string of the molecule is O=Cc1cc(OCc2cc(OCc3cc(OCc4cc(OCc5ccccc5)cc(OCc5ccccc5)c4)cc(OCc4cc(OCc5ccccc5)cc(OCc5ccccc5)c4)c3)cc(OCc3cc(OCc4cc(OCc5ccccc5)cc(OCc5ccccc5)c4)cc(OCc4cc(OCc5ccccc5)cc(OCc5ccccc5)c4)c3)c2)ccc1O. The average Bonchev–Trinajstić information content (AvgIpc) is 0.741. The highest BCUT2D eigenvalue weighted by atomic mass is 16.5. The van der Waals surface area contributed by atoms with E-state index in [2.05, 4.69) is 0 Å². The molecule has 0 saturated carbocycles. The van der Waals surface area contributed by atoms with E-state index < -0.39 is 0 Å². The molecular formula is C112H96O17. The Morgan fingerprint density at radius 1 is 0.147 bits per heavy atom. The van der Waals surface area contributed by atoms with Crippen molar-refractivity contribution >= 4 is 6.29 Å². The third-order valence-electron chi connectivity index (χ3n) is 20.5. The van der Waals surface area contributed by atoms with Gasteiger partial charge in [-0.25, -0.2) is 0 Å². The standard InChI is InChI=1S/C112H96O17/c113-65-96-57-97(41-42-112(96)114)115-74-89-43-106(124-79-94-53-108(126-75-90-45-98(116-66-81-25-9-1-10-26-81)58-99(46-90)117-67-82-27-11-2-12-28-82)63-109(54-94)127-76-91-47-100(118-68-83-29-13-3-14-30-83)59-101(48-91)119-69-84-31-15-4-16-32-84)62-107(44-89)125-80-95-55-110(128-77-92-49-102(120-70-85-33-17-5-18-34-85)60-103(50-92)121-71-86-35-19-6-20-36-86)64-111(56-95)129-78-93-51-104(122-72-87-37-21-7-22-38-87)61-105(52-93)123-73-88-39-23-8-24-40-88/h1-65,114H,66-80H2. The Morgan fingerprint density at radius 3 is 0.419 bits per heavy atom. The summed E-state index contributed by atoms with van der Waals surface area (Å²) in [5.74, 6) is 7.88. The van der Waals surface area contributed by atoms with E-state index in [4.69, 9.17) is 71.1 Å². The van der Waals surface area contributed by atoms with Crippen molar-refractivity contribution < 1.29 is 81.0 Å². The predicted molar refractivity (Wildman–Crippen MR) is 495 cm³/mol. The van der Waals surface area contributed by atoms with Gasteiger partial charge in [-0.15, -0.1) is 0 Å². The number of aromatic hydroxyl groups is 1. The Bertz CT molecular complexity index is 5320. The molecule has 0 amide bonds. The zero-order chi connectivity index (χ0) is 87.7. The second-order valence-electron chi connectivity index (χ2n) is 30.7. The highest BCUT2D eigenvalue weighted by molar-refractivity contribution is 5.79. The number of rotatable bonds is 46. The summed E-state index contributed by atoms with van der Waals surface area (Å²) in [4.78, 5) is 12.1. The lowest BCUT2D eigenvalue weighted by atomic mass is 10.1. The molecule has 0 heterocycles. The second kappa shape index (κ2) is 45.1. The topological polar surface area (TPSA) is 176 Å². The smallest absolute Gasteiger partial charge is 0.153 e. The lowest BCUT2D eigenvalue weighted by Crippen LogP contribution is -2.05. The maximum Gasteiger partial charge on any atom is 0.153 e. The van der Waals surface area contributed by atoms with Gasteiger partial charge in [-0.1, -0.05) is 243 Å². The zero-order valence-electron chi connectivity index (χ0n) is 71.1. The van der Waals surface area contributed by atoms with Crippen LogP contribution in [0.3, 0.4) is 0 Å². The van der Waals surface area contributed by atoms with Crippen molar-refractivity contribution in [2.75, 3.05) is 0 Å². The number of hydrogen-bond acceptors (Lipinski definition) is 17. The Labute approximate surface area is 751 Å². The zero-order valence-corrected chi connectivity index (χ0v) is 71.1. The van der Waals surface area contributed by atoms with Crippen LogP contribution in [0.25, 0.3) is 0 Å². The van der Waals surface area contributed by atoms with Gasteiger partial charge in [-0.05, 0) is 187 Å². The number of ether oxygens (including phenoxy) is 15. The fourth-order valence-electron chi connectivity index (χ4n) is 14.0. The van der Waals surface area contributed by atoms with Gasteiger partial charge in [0.2, 0.25) is 0 Å². The number of phenols is 1. The number of hydrogen-bond donors (Lipinski definition) is 1. The number of carbonyl (C=O) groups excluding carboxylic acids is 1. The number of benzene rings is 16. The van der Waals surface area contributed by atoms with Crippen LogP contribution in [-0.4, -0.2) is 11.4 Å². The summed E-state index contributed by atoms with van der Waals surface area (Å²) in [6.07, 6.45) is 0.578. The summed E-state index contributed by atoms with van der Waals surface area (Å²) >= 11 is 0. The van der Waals surface area contributed by atoms with Gasteiger partial charge in [-0.2, -0.15) is 0 Å². The van der Waals surface area contributed by atoms with E-state index in [-0.39, 0.29) is 57.6 Å². The first-order valence-corrected chi connectivity index (χ1v) is 42.6. The van der Waals surface area contributed by atoms with Crippen LogP contribution in [0, 0.1) is 0 Å². The minimum Gasteiger partial charge on any atom is -0.507 e. The maximum absolute atomic E-state index is 12.1. The van der Waals surface area contributed by atoms with E-state index in [0.29, 0.717) is 162 Å². The van der Waals surface area contributed by atoms with Gasteiger partial charge in [0.05, 0.1) is 5.56 Å². The molecule has 17 heteroatoms. The van der Waals surface area contributed by atoms with Crippen LogP contribution in [0.2, 0.25) is 0 Å². The summed E-state index contributed by atoms with van der Waals surface area (Å²) in [6.45, 7) is 3.25. The number of phenolic OH excluding ortho intramolecular Hbond substituents is 1. The lowest BCUT2D eigenvalue weighted by Gasteiger charge is -2.17. The summed E-state index contributed by atoms with van der Waals surface area (Å²) < 4.78 is 98.9. The lowest BCUT2D eigenvalue weighted by molar-refractivity contribution is 0.112. The van der Waals surface area contributed by atoms with Gasteiger partial charge in [0.1, 0.15) is 191 Å². The molecule has 0 aliphatic rings. The highest BCUT2D eigenvalue weighted by Crippen LogP contribution is 2.37. The van der Waals surface area contributed by atoms with Crippen LogP contribution in [0.4, 0.5) is 0 Å². The number of aldehydes is 1. The summed E-state index contributed by atoms with van der Waals surface area (Å²) in [5.41, 5.74) is 13.4. The van der Waals surface area contributed by atoms with E-state index in [1.807, 2.05) is 370 Å². The molecule has 0 aliphatic carbocycles. The normalized spacial score (nSPS) is 10.9. The van der Waals surface area contributed by atoms with Crippen LogP contribution in [0.5, 0.6) is 92.0 Å². The fourth-order valence-corrected chi connectivity index (χ4v) is 14.0. The molecular weight excluding hydrogens is 1620 g/mol. The van der Waals surface area contributed by atoms with E-state index in [1.54, 1.807) is 6.07 Å². The predicted octanol–water partition coefficient (Wildman–Crippen LogP) is 24.9. The Morgan fingerprint density at radius 2 is 0.279 bits per heavy atom. The van der Waals surface area contributed by atoms with Crippen molar-refractivity contribution in [3.05, 3.63) is 477 Å². The van der Waals surface area contributed by atoms with E-state index in [9.17, 15) is 9.90 Å². The summed E-state index contributed by atoms with van der Waals surface area (Å²) in [7, 11) is 0. The van der Waals surface area contributed by atoms with Crippen LogP contribution < -0.4 is 71.1 Å². The van der Waals surface area contributed by atoms with Crippen LogP contribution in [-0.2, 0) is 99.1 Å². The van der Waals surface area contributed by atoms with Gasteiger partial charge in [0, 0.05) is 42.5 Å². The molecule has 16 aromatic carbocycles. The molecule has 0 aliphatic heterocycles. The van der Waals surface area contributed by atoms with Crippen LogP contribution in [0.1, 0.15) is 93.8 Å². The molecule has 1 N–H and O–H groups in total.